The van der Waals surface area contributed by atoms with Gasteiger partial charge in [-0.2, -0.15) is 13.2 Å². The third-order valence-electron chi connectivity index (χ3n) is 12.8. The average Bonchev–Trinajstić information content (AvgIpc) is 3.77. The summed E-state index contributed by atoms with van der Waals surface area (Å²) in [5.41, 5.74) is 0.678. The first-order valence-corrected chi connectivity index (χ1v) is 22.0. The number of ether oxygens (including phenoxy) is 2. The Labute approximate surface area is 358 Å². The van der Waals surface area contributed by atoms with Gasteiger partial charge in [-0.1, -0.05) is 12.1 Å². The molecule has 2 aromatic heterocycles. The van der Waals surface area contributed by atoms with Gasteiger partial charge in [0, 0.05) is 49.8 Å². The molecule has 2 saturated carbocycles. The number of nitrogens with one attached hydrogen (secondary N) is 3. The number of piperidine rings is 2. The molecule has 5 amide bonds. The molecule has 4 fully saturated rings. The highest BCUT2D eigenvalue weighted by atomic mass is 32.1. The molecule has 1 atom stereocenters. The van der Waals surface area contributed by atoms with Crippen molar-refractivity contribution in [1.29, 1.82) is 0 Å². The van der Waals surface area contributed by atoms with Gasteiger partial charge in [0.05, 0.1) is 51.4 Å². The van der Waals surface area contributed by atoms with E-state index in [0.29, 0.717) is 29.0 Å². The smallest absolute Gasteiger partial charge is 0.433 e. The minimum Gasteiger partial charge on any atom is -0.494 e. The lowest BCUT2D eigenvalue weighted by Gasteiger charge is -2.41. The summed E-state index contributed by atoms with van der Waals surface area (Å²) < 4.78 is 52.4. The van der Waals surface area contributed by atoms with Crippen molar-refractivity contribution in [3.05, 3.63) is 76.1 Å². The molecule has 5 heterocycles. The standard InChI is InChI=1S/C44H46F3N7O7S/c1-60-34-20-32-35(21-31(34)50-39(56)30-6-3-7-36(49-30)44(45,46)47)62-41(51-32)24-10-8-23(9-11-24)22-53-16-14-26(15-17-53)61-27-18-25(19-27)48-29-5-2-4-28-38(29)43(59)54(42(28)58)33-12-13-37(55)52-40(33)57/h2-7,20-21,23-27,33,48H,8-19,22H2,1H3,(H,50,56)(H,52,55,57). The Hall–Kier alpha value is -5.46. The highest BCUT2D eigenvalue weighted by Crippen LogP contribution is 2.42. The van der Waals surface area contributed by atoms with Crippen molar-refractivity contribution in [3.63, 3.8) is 0 Å². The molecule has 9 rings (SSSR count). The number of hydrogen-bond donors (Lipinski definition) is 3. The Morgan fingerprint density at radius 3 is 2.39 bits per heavy atom. The molecule has 2 saturated heterocycles. The molecule has 18 heteroatoms. The van der Waals surface area contributed by atoms with Crippen LogP contribution >= 0.6 is 11.3 Å². The molecule has 14 nitrogen and oxygen atoms in total. The van der Waals surface area contributed by atoms with Crippen molar-refractivity contribution in [1.82, 2.24) is 25.1 Å². The molecule has 3 aliphatic heterocycles. The number of thiazole rings is 1. The fourth-order valence-electron chi connectivity index (χ4n) is 9.43. The molecule has 1 unspecified atom stereocenters. The minimum atomic E-state index is -4.67. The molecule has 0 radical (unpaired) electrons. The third-order valence-corrected chi connectivity index (χ3v) is 14.0. The monoisotopic (exact) mass is 873 g/mol. The lowest BCUT2D eigenvalue weighted by Crippen LogP contribution is -2.54. The number of likely N-dealkylation sites (tertiary alicyclic amines) is 1. The molecular formula is C44H46F3N7O7S. The number of rotatable bonds is 11. The Balaban J connectivity index is 0.713. The lowest BCUT2D eigenvalue weighted by atomic mass is 9.82. The van der Waals surface area contributed by atoms with Crippen molar-refractivity contribution >= 4 is 62.5 Å². The summed E-state index contributed by atoms with van der Waals surface area (Å²) in [4.78, 5) is 75.7. The van der Waals surface area contributed by atoms with E-state index in [2.05, 4.69) is 25.8 Å². The number of halogens is 3. The second-order valence-electron chi connectivity index (χ2n) is 16.9. The highest BCUT2D eigenvalue weighted by Gasteiger charge is 2.46. The number of fused-ring (bicyclic) bond motifs is 2. The number of methoxy groups -OCH3 is 1. The van der Waals surface area contributed by atoms with Crippen LogP contribution < -0.4 is 20.7 Å². The predicted molar refractivity (Wildman–Crippen MR) is 222 cm³/mol. The van der Waals surface area contributed by atoms with Crippen LogP contribution in [0.15, 0.2) is 48.5 Å². The van der Waals surface area contributed by atoms with Crippen LogP contribution in [-0.2, 0) is 20.5 Å². The van der Waals surface area contributed by atoms with Crippen molar-refractivity contribution in [3.8, 4) is 5.75 Å². The van der Waals surface area contributed by atoms with Crippen molar-refractivity contribution in [2.45, 2.75) is 101 Å². The normalized spacial score (nSPS) is 24.8. The van der Waals surface area contributed by atoms with Crippen LogP contribution in [0.2, 0.25) is 0 Å². The third kappa shape index (κ3) is 8.51. The number of aromatic nitrogens is 2. The summed E-state index contributed by atoms with van der Waals surface area (Å²) in [6.07, 6.45) is 3.58. The maximum atomic E-state index is 13.5. The van der Waals surface area contributed by atoms with Crippen molar-refractivity contribution in [2.75, 3.05) is 37.4 Å². The Bertz CT molecular complexity index is 2420. The largest absolute Gasteiger partial charge is 0.494 e. The van der Waals surface area contributed by atoms with E-state index >= 15 is 0 Å². The molecule has 4 aromatic rings. The van der Waals surface area contributed by atoms with E-state index in [9.17, 15) is 37.1 Å². The lowest BCUT2D eigenvalue weighted by molar-refractivity contribution is -0.141. The van der Waals surface area contributed by atoms with Crippen LogP contribution in [0, 0.1) is 5.92 Å². The van der Waals surface area contributed by atoms with Gasteiger partial charge < -0.3 is 25.0 Å². The Morgan fingerprint density at radius 2 is 1.66 bits per heavy atom. The van der Waals surface area contributed by atoms with Gasteiger partial charge in [0.2, 0.25) is 11.8 Å². The Morgan fingerprint density at radius 1 is 0.903 bits per heavy atom. The second kappa shape index (κ2) is 17.0. The maximum absolute atomic E-state index is 13.5. The van der Waals surface area contributed by atoms with Crippen LogP contribution in [0.4, 0.5) is 24.5 Å². The number of imide groups is 2. The number of pyridine rings is 1. The van der Waals surface area contributed by atoms with Crippen LogP contribution in [0.3, 0.4) is 0 Å². The number of carbonyl (C=O) groups is 5. The zero-order valence-corrected chi connectivity index (χ0v) is 34.8. The summed E-state index contributed by atoms with van der Waals surface area (Å²) in [6, 6.07) is 10.9. The maximum Gasteiger partial charge on any atom is 0.433 e. The quantitative estimate of drug-likeness (QED) is 0.136. The minimum absolute atomic E-state index is 0.0702. The average molecular weight is 874 g/mol. The van der Waals surface area contributed by atoms with E-state index in [1.165, 1.54) is 13.2 Å². The fourth-order valence-corrected chi connectivity index (χ4v) is 10.6. The van der Waals surface area contributed by atoms with Crippen LogP contribution in [-0.4, -0.2) is 100 Å². The number of carbonyl (C=O) groups excluding carboxylic acids is 5. The molecule has 2 aliphatic carbocycles. The summed E-state index contributed by atoms with van der Waals surface area (Å²) >= 11 is 1.57. The van der Waals surface area contributed by atoms with Gasteiger partial charge in [0.1, 0.15) is 23.2 Å². The van der Waals surface area contributed by atoms with Gasteiger partial charge in [-0.15, -0.1) is 11.3 Å². The fraction of sp³-hybridized carbons (Fsp3) is 0.477. The summed E-state index contributed by atoms with van der Waals surface area (Å²) in [5.74, 6) is -1.58. The zero-order chi connectivity index (χ0) is 43.3. The zero-order valence-electron chi connectivity index (χ0n) is 34.0. The van der Waals surface area contributed by atoms with Gasteiger partial charge in [0.25, 0.3) is 17.7 Å². The molecule has 2 aromatic carbocycles. The molecule has 0 spiro atoms. The molecular weight excluding hydrogens is 828 g/mol. The van der Waals surface area contributed by atoms with Gasteiger partial charge in [-0.25, -0.2) is 9.97 Å². The highest BCUT2D eigenvalue weighted by molar-refractivity contribution is 7.18. The Kier molecular flexibility index (Phi) is 11.5. The first-order valence-electron chi connectivity index (χ1n) is 21.1. The molecule has 326 valence electrons. The summed E-state index contributed by atoms with van der Waals surface area (Å²) in [6.45, 7) is 3.02. The molecule has 5 aliphatic rings. The topological polar surface area (TPSA) is 172 Å². The second-order valence-corrected chi connectivity index (χ2v) is 18.0. The van der Waals surface area contributed by atoms with Gasteiger partial charge >= 0.3 is 6.18 Å². The van der Waals surface area contributed by atoms with E-state index in [-0.39, 0.29) is 47.9 Å². The number of nitrogens with zero attached hydrogens (tertiary/aromatic N) is 4. The van der Waals surface area contributed by atoms with Gasteiger partial charge in [-0.05, 0) is 94.0 Å². The number of amides is 5. The molecule has 0 bridgehead atoms. The van der Waals surface area contributed by atoms with E-state index in [0.717, 1.165) is 103 Å². The number of anilines is 2. The first-order chi connectivity index (χ1) is 29.8. The summed E-state index contributed by atoms with van der Waals surface area (Å²) in [7, 11) is 1.46. The van der Waals surface area contributed by atoms with Gasteiger partial charge in [-0.3, -0.25) is 34.2 Å². The van der Waals surface area contributed by atoms with Crippen LogP contribution in [0.5, 0.6) is 5.75 Å². The van der Waals surface area contributed by atoms with Gasteiger partial charge in [0.15, 0.2) is 0 Å². The first kappa shape index (κ1) is 41.9. The van der Waals surface area contributed by atoms with Crippen molar-refractivity contribution in [2.24, 2.45) is 5.92 Å². The van der Waals surface area contributed by atoms with E-state index in [1.807, 2.05) is 0 Å². The van der Waals surface area contributed by atoms with Crippen LogP contribution in [0.25, 0.3) is 10.2 Å². The molecule has 3 N–H and O–H groups in total. The number of benzene rings is 2. The van der Waals surface area contributed by atoms with E-state index < -0.39 is 47.4 Å². The predicted octanol–water partition coefficient (Wildman–Crippen LogP) is 6.77. The summed E-state index contributed by atoms with van der Waals surface area (Å²) in [5, 5.41) is 9.37. The van der Waals surface area contributed by atoms with Crippen LogP contribution in [0.1, 0.15) is 112 Å². The SMILES string of the molecule is COc1cc2nc(C3CCC(CN4CCC(OC5CC(Nc6cccc7c6C(=O)N(C6CCC(=O)NC6=O)C7=O)C5)CC4)CC3)sc2cc1NC(=O)c1cccc(C(F)(F)F)n1. The molecule has 62 heavy (non-hydrogen) atoms. The van der Waals surface area contributed by atoms with E-state index in [1.54, 1.807) is 41.7 Å². The number of alkyl halides is 3. The number of hydrogen-bond acceptors (Lipinski definition) is 12. The van der Waals surface area contributed by atoms with E-state index in [4.69, 9.17) is 14.5 Å². The van der Waals surface area contributed by atoms with Crippen molar-refractivity contribution < 1.29 is 46.6 Å².